The number of hydrogen-bond acceptors (Lipinski definition) is 5. The van der Waals surface area contributed by atoms with Crippen LogP contribution in [0.4, 0.5) is 5.95 Å². The average molecular weight is 354 g/mol. The van der Waals surface area contributed by atoms with Crippen LogP contribution < -0.4 is 5.32 Å². The lowest BCUT2D eigenvalue weighted by Crippen LogP contribution is -2.43. The fourth-order valence-electron chi connectivity index (χ4n) is 3.44. The molecule has 1 aromatic carbocycles. The Bertz CT molecular complexity index is 761. The van der Waals surface area contributed by atoms with Crippen LogP contribution in [0.1, 0.15) is 46.9 Å². The predicted octanol–water partition coefficient (Wildman–Crippen LogP) is 2.07. The first-order chi connectivity index (χ1) is 12.7. The maximum absolute atomic E-state index is 12.5. The zero-order valence-electron chi connectivity index (χ0n) is 15.2. The number of amides is 1. The van der Waals surface area contributed by atoms with Crippen LogP contribution in [0.2, 0.25) is 0 Å². The number of rotatable bonds is 5. The van der Waals surface area contributed by atoms with Crippen LogP contribution in [0, 0.1) is 0 Å². The lowest BCUT2D eigenvalue weighted by Gasteiger charge is -2.32. The number of piperazine rings is 1. The lowest BCUT2D eigenvalue weighted by atomic mass is 9.85. The number of nitrogens with zero attached hydrogens (tertiary/aromatic N) is 4. The van der Waals surface area contributed by atoms with Gasteiger partial charge in [0.25, 0.3) is 5.91 Å². The second-order valence-electron chi connectivity index (χ2n) is 7.41. The van der Waals surface area contributed by atoms with Crippen molar-refractivity contribution in [3.63, 3.8) is 0 Å². The molecular weight excluding hydrogens is 328 g/mol. The molecule has 2 aromatic rings. The van der Waals surface area contributed by atoms with Crippen LogP contribution in [0.5, 0.6) is 0 Å². The first-order valence-electron chi connectivity index (χ1n) is 9.41. The topological polar surface area (TPSA) is 77.1 Å². The number of aromatic amines is 1. The van der Waals surface area contributed by atoms with E-state index >= 15 is 0 Å². The number of benzene rings is 1. The Balaban J connectivity index is 1.37. The normalized spacial score (nSPS) is 19.3. The number of carbonyl (C=O) groups excluding carboxylic acids is 1. The van der Waals surface area contributed by atoms with Gasteiger partial charge in [-0.05, 0) is 37.6 Å². The van der Waals surface area contributed by atoms with Gasteiger partial charge < -0.3 is 4.90 Å². The maximum Gasteiger partial charge on any atom is 0.258 e. The second kappa shape index (κ2) is 7.55. The van der Waals surface area contributed by atoms with Gasteiger partial charge in [0.15, 0.2) is 0 Å². The van der Waals surface area contributed by atoms with Gasteiger partial charge in [-0.2, -0.15) is 4.98 Å². The number of anilines is 1. The second-order valence-corrected chi connectivity index (χ2v) is 7.41. The highest BCUT2D eigenvalue weighted by atomic mass is 16.1. The van der Waals surface area contributed by atoms with Crippen molar-refractivity contribution in [1.29, 1.82) is 0 Å². The molecule has 1 aliphatic carbocycles. The third-order valence-corrected chi connectivity index (χ3v) is 5.41. The quantitative estimate of drug-likeness (QED) is 0.860. The largest absolute Gasteiger partial charge is 0.304 e. The third kappa shape index (κ3) is 3.94. The molecule has 2 heterocycles. The summed E-state index contributed by atoms with van der Waals surface area (Å²) in [6, 6.07) is 7.82. The lowest BCUT2D eigenvalue weighted by molar-refractivity contribution is 0.102. The summed E-state index contributed by atoms with van der Waals surface area (Å²) < 4.78 is 0. The Labute approximate surface area is 153 Å². The molecular formula is C19H26N6O. The molecule has 138 valence electrons. The molecule has 0 radical (unpaired) electrons. The Kier molecular flexibility index (Phi) is 4.99. The minimum absolute atomic E-state index is 0.163. The predicted molar refractivity (Wildman–Crippen MR) is 100 cm³/mol. The molecule has 2 fully saturated rings. The van der Waals surface area contributed by atoms with Gasteiger partial charge in [-0.1, -0.05) is 18.6 Å². The Morgan fingerprint density at radius 2 is 2.08 bits per heavy atom. The summed E-state index contributed by atoms with van der Waals surface area (Å²) in [7, 11) is 2.15. The van der Waals surface area contributed by atoms with E-state index in [1.165, 1.54) is 6.42 Å². The van der Waals surface area contributed by atoms with Gasteiger partial charge in [-0.15, -0.1) is 5.10 Å². The first kappa shape index (κ1) is 17.2. The van der Waals surface area contributed by atoms with Crippen molar-refractivity contribution in [2.24, 2.45) is 0 Å². The number of hydrogen-bond donors (Lipinski definition) is 2. The van der Waals surface area contributed by atoms with Crippen molar-refractivity contribution >= 4 is 11.9 Å². The summed E-state index contributed by atoms with van der Waals surface area (Å²) in [4.78, 5) is 21.7. The molecule has 1 saturated carbocycles. The number of nitrogens with one attached hydrogen (secondary N) is 2. The summed E-state index contributed by atoms with van der Waals surface area (Å²) >= 11 is 0. The molecule has 1 saturated heterocycles. The fourth-order valence-corrected chi connectivity index (χ4v) is 3.44. The van der Waals surface area contributed by atoms with Crippen molar-refractivity contribution in [1.82, 2.24) is 25.0 Å². The smallest absolute Gasteiger partial charge is 0.258 e. The monoisotopic (exact) mass is 354 g/mol. The minimum Gasteiger partial charge on any atom is -0.304 e. The van der Waals surface area contributed by atoms with E-state index < -0.39 is 0 Å². The van der Waals surface area contributed by atoms with E-state index in [9.17, 15) is 4.79 Å². The Hall–Kier alpha value is -2.25. The van der Waals surface area contributed by atoms with E-state index in [1.54, 1.807) is 0 Å². The van der Waals surface area contributed by atoms with E-state index in [-0.39, 0.29) is 5.91 Å². The molecule has 1 aliphatic heterocycles. The van der Waals surface area contributed by atoms with Crippen LogP contribution in [0.15, 0.2) is 24.3 Å². The minimum atomic E-state index is -0.163. The van der Waals surface area contributed by atoms with Crippen LogP contribution in [0.3, 0.4) is 0 Å². The highest BCUT2D eigenvalue weighted by molar-refractivity contribution is 6.03. The Morgan fingerprint density at radius 3 is 2.81 bits per heavy atom. The van der Waals surface area contributed by atoms with Gasteiger partial charge in [0.2, 0.25) is 5.95 Å². The summed E-state index contributed by atoms with van der Waals surface area (Å²) in [5, 5.41) is 9.88. The number of likely N-dealkylation sites (N-methyl/N-ethyl adjacent to an activating group) is 1. The van der Waals surface area contributed by atoms with Gasteiger partial charge in [-0.3, -0.25) is 20.1 Å². The molecule has 1 amide bonds. The molecule has 2 N–H and O–H groups in total. The highest BCUT2D eigenvalue weighted by Gasteiger charge is 2.23. The maximum atomic E-state index is 12.5. The molecule has 1 aromatic heterocycles. The Morgan fingerprint density at radius 1 is 1.27 bits per heavy atom. The summed E-state index contributed by atoms with van der Waals surface area (Å²) in [6.07, 6.45) is 3.54. The van der Waals surface area contributed by atoms with Gasteiger partial charge >= 0.3 is 0 Å². The van der Waals surface area contributed by atoms with Crippen molar-refractivity contribution < 1.29 is 4.79 Å². The number of carbonyl (C=O) groups is 1. The molecule has 2 aliphatic rings. The van der Waals surface area contributed by atoms with E-state index in [0.29, 0.717) is 17.4 Å². The van der Waals surface area contributed by atoms with Crippen molar-refractivity contribution in [2.45, 2.75) is 31.7 Å². The average Bonchev–Trinajstić information content (AvgIpc) is 3.03. The van der Waals surface area contributed by atoms with Gasteiger partial charge in [0.05, 0.1) is 0 Å². The SMILES string of the molecule is CN1CCN(Cc2cccc(C(=O)Nc3n[nH]c(C4CCC4)n3)c2)CC1. The molecule has 26 heavy (non-hydrogen) atoms. The summed E-state index contributed by atoms with van der Waals surface area (Å²) in [6.45, 7) is 5.19. The van der Waals surface area contributed by atoms with E-state index in [0.717, 1.165) is 57.0 Å². The van der Waals surface area contributed by atoms with Crippen molar-refractivity contribution in [3.05, 3.63) is 41.2 Å². The number of aromatic nitrogens is 3. The molecule has 7 heteroatoms. The third-order valence-electron chi connectivity index (χ3n) is 5.41. The zero-order valence-corrected chi connectivity index (χ0v) is 15.2. The molecule has 0 spiro atoms. The summed E-state index contributed by atoms with van der Waals surface area (Å²) in [5.74, 6) is 1.56. The van der Waals surface area contributed by atoms with E-state index in [4.69, 9.17) is 0 Å². The van der Waals surface area contributed by atoms with E-state index in [1.807, 2.05) is 18.2 Å². The molecule has 4 rings (SSSR count). The molecule has 7 nitrogen and oxygen atoms in total. The standard InChI is InChI=1S/C19H26N6O/c1-24-8-10-25(11-9-24)13-14-4-2-7-16(12-14)18(26)21-19-20-17(22-23-19)15-5-3-6-15/h2,4,7,12,15H,3,5-6,8-11,13H2,1H3,(H2,20,21,22,23,26). The van der Waals surface area contributed by atoms with Crippen LogP contribution in [0.25, 0.3) is 0 Å². The van der Waals surface area contributed by atoms with Crippen molar-refractivity contribution in [3.8, 4) is 0 Å². The van der Waals surface area contributed by atoms with Crippen LogP contribution in [-0.4, -0.2) is 64.1 Å². The number of H-pyrrole nitrogens is 1. The van der Waals surface area contributed by atoms with Gasteiger partial charge in [-0.25, -0.2) is 0 Å². The van der Waals surface area contributed by atoms with Crippen LogP contribution in [-0.2, 0) is 6.54 Å². The molecule has 0 atom stereocenters. The fraction of sp³-hybridized carbons (Fsp3) is 0.526. The van der Waals surface area contributed by atoms with Gasteiger partial charge in [0.1, 0.15) is 5.82 Å². The first-order valence-corrected chi connectivity index (χ1v) is 9.41. The van der Waals surface area contributed by atoms with Gasteiger partial charge in [0, 0.05) is 44.2 Å². The highest BCUT2D eigenvalue weighted by Crippen LogP contribution is 2.34. The molecule has 0 unspecified atom stereocenters. The summed E-state index contributed by atoms with van der Waals surface area (Å²) in [5.41, 5.74) is 1.80. The van der Waals surface area contributed by atoms with Crippen molar-refractivity contribution in [2.75, 3.05) is 38.5 Å². The van der Waals surface area contributed by atoms with E-state index in [2.05, 4.69) is 43.4 Å². The van der Waals surface area contributed by atoms with Crippen LogP contribution >= 0.6 is 0 Å². The molecule has 0 bridgehead atoms. The zero-order chi connectivity index (χ0) is 17.9.